The van der Waals surface area contributed by atoms with Crippen LogP contribution in [-0.4, -0.2) is 50.2 Å². The highest BCUT2D eigenvalue weighted by Gasteiger charge is 2.25. The zero-order valence-corrected chi connectivity index (χ0v) is 18.7. The second kappa shape index (κ2) is 9.09. The van der Waals surface area contributed by atoms with Gasteiger partial charge in [0.2, 0.25) is 5.95 Å². The lowest BCUT2D eigenvalue weighted by Gasteiger charge is -2.35. The molecule has 0 bridgehead atoms. The van der Waals surface area contributed by atoms with E-state index in [0.29, 0.717) is 11.2 Å². The fraction of sp³-hybridized carbons (Fsp3) is 0.522. The number of benzene rings is 1. The van der Waals surface area contributed by atoms with E-state index in [0.717, 1.165) is 64.5 Å². The maximum absolute atomic E-state index is 12.6. The summed E-state index contributed by atoms with van der Waals surface area (Å²) >= 11 is 0. The number of imidazole rings is 1. The van der Waals surface area contributed by atoms with Crippen LogP contribution >= 0.6 is 0 Å². The largest absolute Gasteiger partial charge is 0.340 e. The molecule has 4 rings (SSSR count). The topological polar surface area (TPSA) is 79.2 Å². The van der Waals surface area contributed by atoms with Gasteiger partial charge in [0.1, 0.15) is 0 Å². The molecule has 1 aliphatic rings. The minimum Gasteiger partial charge on any atom is -0.340 e. The Bertz CT molecular complexity index is 1170. The van der Waals surface area contributed by atoms with Crippen LogP contribution in [0.3, 0.4) is 0 Å². The van der Waals surface area contributed by atoms with E-state index in [-0.39, 0.29) is 5.56 Å². The van der Waals surface area contributed by atoms with Crippen LogP contribution in [-0.2, 0) is 20.1 Å². The molecule has 8 nitrogen and oxygen atoms in total. The summed E-state index contributed by atoms with van der Waals surface area (Å²) in [6, 6.07) is 8.53. The van der Waals surface area contributed by atoms with Gasteiger partial charge in [-0.2, -0.15) is 4.98 Å². The van der Waals surface area contributed by atoms with E-state index < -0.39 is 5.69 Å². The van der Waals surface area contributed by atoms with E-state index in [9.17, 15) is 9.59 Å². The molecule has 3 heterocycles. The smallest absolute Gasteiger partial charge is 0.329 e. The monoisotopic (exact) mass is 424 g/mol. The third-order valence-corrected chi connectivity index (χ3v) is 6.28. The maximum Gasteiger partial charge on any atom is 0.329 e. The molecule has 0 atom stereocenters. The van der Waals surface area contributed by atoms with E-state index >= 15 is 0 Å². The summed E-state index contributed by atoms with van der Waals surface area (Å²) in [7, 11) is 1.66. The van der Waals surface area contributed by atoms with Gasteiger partial charge in [0, 0.05) is 46.3 Å². The first-order valence-electron chi connectivity index (χ1n) is 11.2. The van der Waals surface area contributed by atoms with E-state index in [1.54, 1.807) is 7.05 Å². The molecular weight excluding hydrogens is 392 g/mol. The number of piperazine rings is 1. The highest BCUT2D eigenvalue weighted by Crippen LogP contribution is 2.22. The van der Waals surface area contributed by atoms with Crippen LogP contribution in [0.25, 0.3) is 11.2 Å². The van der Waals surface area contributed by atoms with Crippen LogP contribution < -0.4 is 16.1 Å². The Morgan fingerprint density at radius 3 is 2.52 bits per heavy atom. The molecule has 1 aliphatic heterocycles. The SMILES string of the molecule is CCCCCn1c(N2CCN(Cc3ccccc3C)CC2)nc2c1c(=O)[nH]c(=O)n2C. The van der Waals surface area contributed by atoms with Gasteiger partial charge in [-0.1, -0.05) is 44.0 Å². The molecule has 1 saturated heterocycles. The van der Waals surface area contributed by atoms with Gasteiger partial charge in [-0.05, 0) is 24.5 Å². The summed E-state index contributed by atoms with van der Waals surface area (Å²) in [5, 5.41) is 0. The summed E-state index contributed by atoms with van der Waals surface area (Å²) in [5.41, 5.74) is 2.86. The second-order valence-electron chi connectivity index (χ2n) is 8.45. The van der Waals surface area contributed by atoms with E-state index in [4.69, 9.17) is 4.98 Å². The van der Waals surface area contributed by atoms with Crippen LogP contribution in [0.5, 0.6) is 0 Å². The summed E-state index contributed by atoms with van der Waals surface area (Å²) in [5.74, 6) is 0.799. The highest BCUT2D eigenvalue weighted by atomic mass is 16.2. The molecule has 1 fully saturated rings. The molecule has 3 aromatic rings. The average molecular weight is 425 g/mol. The Morgan fingerprint density at radius 1 is 1.06 bits per heavy atom. The van der Waals surface area contributed by atoms with Gasteiger partial charge in [0.25, 0.3) is 5.56 Å². The lowest BCUT2D eigenvalue weighted by atomic mass is 10.1. The van der Waals surface area contributed by atoms with E-state index in [1.807, 2.05) is 4.57 Å². The molecule has 0 aliphatic carbocycles. The first kappa shape index (κ1) is 21.4. The number of rotatable bonds is 7. The van der Waals surface area contributed by atoms with Crippen molar-refractivity contribution in [2.24, 2.45) is 7.05 Å². The molecule has 8 heteroatoms. The van der Waals surface area contributed by atoms with Crippen LogP contribution in [0.2, 0.25) is 0 Å². The van der Waals surface area contributed by atoms with Crippen LogP contribution in [0.1, 0.15) is 37.3 Å². The fourth-order valence-electron chi connectivity index (χ4n) is 4.33. The van der Waals surface area contributed by atoms with E-state index in [1.165, 1.54) is 15.7 Å². The number of aromatic amines is 1. The Balaban J connectivity index is 1.59. The third-order valence-electron chi connectivity index (χ3n) is 6.28. The van der Waals surface area contributed by atoms with Crippen LogP contribution in [0.4, 0.5) is 5.95 Å². The number of fused-ring (bicyclic) bond motifs is 1. The lowest BCUT2D eigenvalue weighted by molar-refractivity contribution is 0.247. The van der Waals surface area contributed by atoms with Gasteiger partial charge in [-0.3, -0.25) is 19.2 Å². The Kier molecular flexibility index (Phi) is 6.27. The molecule has 1 N–H and O–H groups in total. The summed E-state index contributed by atoms with van der Waals surface area (Å²) in [4.78, 5) is 36.6. The van der Waals surface area contributed by atoms with Crippen molar-refractivity contribution >= 4 is 17.1 Å². The molecule has 0 amide bonds. The first-order chi connectivity index (χ1) is 15.0. The summed E-state index contributed by atoms with van der Waals surface area (Å²) < 4.78 is 3.45. The number of unbranched alkanes of at least 4 members (excludes halogenated alkanes) is 2. The Morgan fingerprint density at radius 2 is 1.81 bits per heavy atom. The molecular formula is C23H32N6O2. The lowest BCUT2D eigenvalue weighted by Crippen LogP contribution is -2.47. The number of aromatic nitrogens is 4. The molecule has 1 aromatic carbocycles. The molecule has 0 saturated carbocycles. The minimum absolute atomic E-state index is 0.355. The van der Waals surface area contributed by atoms with Crippen LogP contribution in [0, 0.1) is 6.92 Å². The normalized spacial score (nSPS) is 15.1. The number of nitrogens with one attached hydrogen (secondary N) is 1. The second-order valence-corrected chi connectivity index (χ2v) is 8.45. The third kappa shape index (κ3) is 4.30. The maximum atomic E-state index is 12.6. The quantitative estimate of drug-likeness (QED) is 0.589. The summed E-state index contributed by atoms with van der Waals surface area (Å²) in [6.45, 7) is 9.54. The minimum atomic E-state index is -0.426. The van der Waals surface area contributed by atoms with Gasteiger partial charge in [-0.25, -0.2) is 4.79 Å². The number of anilines is 1. The zero-order chi connectivity index (χ0) is 22.0. The van der Waals surface area contributed by atoms with Gasteiger partial charge in [-0.15, -0.1) is 0 Å². The van der Waals surface area contributed by atoms with Crippen molar-refractivity contribution < 1.29 is 0 Å². The molecule has 166 valence electrons. The number of H-pyrrole nitrogens is 1. The van der Waals surface area contributed by atoms with Gasteiger partial charge >= 0.3 is 5.69 Å². The number of hydrogen-bond donors (Lipinski definition) is 1. The molecule has 0 spiro atoms. The van der Waals surface area contributed by atoms with Crippen molar-refractivity contribution in [2.45, 2.75) is 46.2 Å². The molecule has 0 unspecified atom stereocenters. The molecule has 0 radical (unpaired) electrons. The Hall–Kier alpha value is -2.87. The van der Waals surface area contributed by atoms with Crippen molar-refractivity contribution in [1.29, 1.82) is 0 Å². The fourth-order valence-corrected chi connectivity index (χ4v) is 4.33. The number of hydrogen-bond acceptors (Lipinski definition) is 5. The predicted molar refractivity (Wildman–Crippen MR) is 124 cm³/mol. The van der Waals surface area contributed by atoms with Crippen molar-refractivity contribution in [2.75, 3.05) is 31.1 Å². The Labute approximate surface area is 182 Å². The number of nitrogens with zero attached hydrogens (tertiary/aromatic N) is 5. The first-order valence-corrected chi connectivity index (χ1v) is 11.2. The van der Waals surface area contributed by atoms with Gasteiger partial charge in [0.05, 0.1) is 0 Å². The van der Waals surface area contributed by atoms with Crippen molar-refractivity contribution in [3.8, 4) is 0 Å². The van der Waals surface area contributed by atoms with Gasteiger partial charge < -0.3 is 9.47 Å². The predicted octanol–water partition coefficient (Wildman–Crippen LogP) is 2.24. The molecule has 31 heavy (non-hydrogen) atoms. The van der Waals surface area contributed by atoms with Gasteiger partial charge in [0.15, 0.2) is 11.2 Å². The van der Waals surface area contributed by atoms with Crippen molar-refractivity contribution in [3.05, 3.63) is 56.2 Å². The number of aryl methyl sites for hydroxylation is 3. The van der Waals surface area contributed by atoms with Crippen molar-refractivity contribution in [1.82, 2.24) is 24.0 Å². The van der Waals surface area contributed by atoms with Crippen molar-refractivity contribution in [3.63, 3.8) is 0 Å². The van der Waals surface area contributed by atoms with E-state index in [2.05, 4.69) is 52.9 Å². The standard InChI is InChI=1S/C23H32N6O2/c1-4-5-8-11-29-19-20(26(3)23(31)25-21(19)30)24-22(29)28-14-12-27(13-15-28)16-18-10-7-6-9-17(18)2/h6-7,9-10H,4-5,8,11-16H2,1-3H3,(H,25,30,31). The van der Waals surface area contributed by atoms with Crippen LogP contribution in [0.15, 0.2) is 33.9 Å². The molecule has 2 aromatic heterocycles. The average Bonchev–Trinajstić information content (AvgIpc) is 3.15. The highest BCUT2D eigenvalue weighted by molar-refractivity contribution is 5.74. The summed E-state index contributed by atoms with van der Waals surface area (Å²) in [6.07, 6.45) is 3.17. The zero-order valence-electron chi connectivity index (χ0n) is 18.7.